The van der Waals surface area contributed by atoms with Gasteiger partial charge in [0.15, 0.2) is 0 Å². The molecule has 0 amide bonds. The summed E-state index contributed by atoms with van der Waals surface area (Å²) in [6.07, 6.45) is -1.14. The molecule has 1 heterocycles. The van der Waals surface area contributed by atoms with Gasteiger partial charge in [-0.2, -0.15) is 13.2 Å². The fourth-order valence-corrected chi connectivity index (χ4v) is 2.03. The lowest BCUT2D eigenvalue weighted by atomic mass is 10.1. The summed E-state index contributed by atoms with van der Waals surface area (Å²) in [7, 11) is 1.81. The number of benzene rings is 1. The number of halogens is 3. The van der Waals surface area contributed by atoms with E-state index in [4.69, 9.17) is 5.73 Å². The van der Waals surface area contributed by atoms with Gasteiger partial charge in [0.25, 0.3) is 0 Å². The van der Waals surface area contributed by atoms with E-state index in [9.17, 15) is 13.2 Å². The van der Waals surface area contributed by atoms with Crippen molar-refractivity contribution in [3.05, 3.63) is 47.5 Å². The number of alkyl halides is 3. The second kappa shape index (κ2) is 5.72. The number of nitrogens with one attached hydrogen (secondary N) is 1. The average molecular weight is 314 g/mol. The van der Waals surface area contributed by atoms with Crippen molar-refractivity contribution in [2.75, 3.05) is 5.32 Å². The van der Waals surface area contributed by atoms with E-state index in [-0.39, 0.29) is 10.6 Å². The third kappa shape index (κ3) is 3.52. The van der Waals surface area contributed by atoms with Gasteiger partial charge in [0, 0.05) is 30.7 Å². The predicted molar refractivity (Wildman–Crippen MR) is 77.9 cm³/mol. The summed E-state index contributed by atoms with van der Waals surface area (Å²) in [6.45, 7) is 0.313. The zero-order valence-electron chi connectivity index (χ0n) is 11.1. The minimum absolute atomic E-state index is 0.181. The van der Waals surface area contributed by atoms with Crippen molar-refractivity contribution in [2.24, 2.45) is 12.8 Å². The maximum atomic E-state index is 13.0. The minimum atomic E-state index is -4.51. The van der Waals surface area contributed by atoms with Crippen LogP contribution >= 0.6 is 12.2 Å². The molecule has 0 spiro atoms. The molecule has 0 bridgehead atoms. The smallest absolute Gasteiger partial charge is 0.389 e. The summed E-state index contributed by atoms with van der Waals surface area (Å²) in [5, 5.41) is 2.90. The summed E-state index contributed by atoms with van der Waals surface area (Å²) < 4.78 is 40.8. The Hall–Kier alpha value is -2.09. The van der Waals surface area contributed by atoms with Gasteiger partial charge in [-0.1, -0.05) is 12.2 Å². The van der Waals surface area contributed by atoms with Gasteiger partial charge < -0.3 is 15.6 Å². The highest BCUT2D eigenvalue weighted by Gasteiger charge is 2.34. The third-order valence-electron chi connectivity index (χ3n) is 2.96. The molecule has 4 nitrogen and oxygen atoms in total. The van der Waals surface area contributed by atoms with Crippen molar-refractivity contribution in [3.63, 3.8) is 0 Å². The third-order valence-corrected chi connectivity index (χ3v) is 3.18. The molecular formula is C13H13F3N4S. The van der Waals surface area contributed by atoms with E-state index >= 15 is 0 Å². The molecule has 0 radical (unpaired) electrons. The van der Waals surface area contributed by atoms with Crippen LogP contribution in [0.4, 0.5) is 18.9 Å². The van der Waals surface area contributed by atoms with Crippen molar-refractivity contribution in [1.82, 2.24) is 9.55 Å². The number of nitrogens with zero attached hydrogens (tertiary/aromatic N) is 2. The number of nitrogens with two attached hydrogens (primary N) is 1. The standard InChI is InChI=1S/C13H13F3N4S/c1-20-5-4-18-11(20)7-19-8-2-3-9(12(17)21)10(6-8)13(14,15)16/h2-6,19H,7H2,1H3,(H2,17,21). The topological polar surface area (TPSA) is 55.9 Å². The Morgan fingerprint density at radius 1 is 1.43 bits per heavy atom. The summed E-state index contributed by atoms with van der Waals surface area (Å²) in [6, 6.07) is 3.77. The fraction of sp³-hybridized carbons (Fsp3) is 0.231. The Balaban J connectivity index is 2.26. The molecule has 1 aromatic carbocycles. The zero-order valence-corrected chi connectivity index (χ0v) is 11.9. The van der Waals surface area contributed by atoms with Crippen LogP contribution in [0.1, 0.15) is 17.0 Å². The molecule has 8 heteroatoms. The lowest BCUT2D eigenvalue weighted by Gasteiger charge is -2.14. The quantitative estimate of drug-likeness (QED) is 0.852. The lowest BCUT2D eigenvalue weighted by molar-refractivity contribution is -0.137. The number of anilines is 1. The molecule has 0 saturated heterocycles. The highest BCUT2D eigenvalue weighted by Crippen LogP contribution is 2.33. The second-order valence-electron chi connectivity index (χ2n) is 4.43. The van der Waals surface area contributed by atoms with E-state index < -0.39 is 11.7 Å². The highest BCUT2D eigenvalue weighted by molar-refractivity contribution is 7.80. The van der Waals surface area contributed by atoms with E-state index in [0.717, 1.165) is 6.07 Å². The largest absolute Gasteiger partial charge is 0.417 e. The monoisotopic (exact) mass is 314 g/mol. The first-order chi connectivity index (χ1) is 9.79. The number of aromatic nitrogens is 2. The molecule has 0 aliphatic heterocycles. The van der Waals surface area contributed by atoms with E-state index in [2.05, 4.69) is 22.5 Å². The molecular weight excluding hydrogens is 301 g/mol. The summed E-state index contributed by atoms with van der Waals surface area (Å²) in [5.74, 6) is 0.710. The Kier molecular flexibility index (Phi) is 4.17. The highest BCUT2D eigenvalue weighted by atomic mass is 32.1. The summed E-state index contributed by atoms with van der Waals surface area (Å²) in [4.78, 5) is 3.81. The van der Waals surface area contributed by atoms with Crippen molar-refractivity contribution in [3.8, 4) is 0 Å². The zero-order chi connectivity index (χ0) is 15.6. The van der Waals surface area contributed by atoms with Gasteiger partial charge in [0.2, 0.25) is 0 Å². The first-order valence-corrected chi connectivity index (χ1v) is 6.41. The molecule has 112 valence electrons. The van der Waals surface area contributed by atoms with E-state index in [1.54, 1.807) is 24.0 Å². The van der Waals surface area contributed by atoms with E-state index in [1.165, 1.54) is 12.1 Å². The Morgan fingerprint density at radius 3 is 2.67 bits per heavy atom. The molecule has 0 atom stereocenters. The van der Waals surface area contributed by atoms with Gasteiger partial charge in [0.1, 0.15) is 10.8 Å². The fourth-order valence-electron chi connectivity index (χ4n) is 1.85. The van der Waals surface area contributed by atoms with Gasteiger partial charge in [0.05, 0.1) is 12.1 Å². The number of hydrogen-bond acceptors (Lipinski definition) is 3. The molecule has 0 aliphatic rings. The van der Waals surface area contributed by atoms with Crippen LogP contribution in [0.3, 0.4) is 0 Å². The van der Waals surface area contributed by atoms with Gasteiger partial charge in [-0.05, 0) is 18.2 Å². The maximum Gasteiger partial charge on any atom is 0.417 e. The van der Waals surface area contributed by atoms with Crippen LogP contribution in [0.5, 0.6) is 0 Å². The number of hydrogen-bond donors (Lipinski definition) is 2. The average Bonchev–Trinajstić information content (AvgIpc) is 2.80. The van der Waals surface area contributed by atoms with Crippen LogP contribution in [0, 0.1) is 0 Å². The van der Waals surface area contributed by atoms with Crippen LogP contribution in [-0.2, 0) is 19.8 Å². The van der Waals surface area contributed by atoms with Gasteiger partial charge in [-0.15, -0.1) is 0 Å². The molecule has 0 saturated carbocycles. The van der Waals surface area contributed by atoms with Crippen LogP contribution < -0.4 is 11.1 Å². The molecule has 21 heavy (non-hydrogen) atoms. The Bertz CT molecular complexity index is 664. The molecule has 2 aromatic rings. The molecule has 2 rings (SSSR count). The van der Waals surface area contributed by atoms with Crippen molar-refractivity contribution in [1.29, 1.82) is 0 Å². The number of rotatable bonds is 4. The van der Waals surface area contributed by atoms with Crippen molar-refractivity contribution < 1.29 is 13.2 Å². The lowest BCUT2D eigenvalue weighted by Crippen LogP contribution is -2.18. The molecule has 0 unspecified atom stereocenters. The Labute approximate surface area is 124 Å². The van der Waals surface area contributed by atoms with Crippen molar-refractivity contribution >= 4 is 22.9 Å². The summed E-state index contributed by atoms with van der Waals surface area (Å²) >= 11 is 4.65. The van der Waals surface area contributed by atoms with Gasteiger partial charge in [-0.25, -0.2) is 4.98 Å². The first-order valence-electron chi connectivity index (χ1n) is 6.00. The number of imidazole rings is 1. The number of aryl methyl sites for hydroxylation is 1. The predicted octanol–water partition coefficient (Wildman–Crippen LogP) is 2.69. The molecule has 0 fully saturated rings. The van der Waals surface area contributed by atoms with Crippen molar-refractivity contribution in [2.45, 2.75) is 12.7 Å². The SMILES string of the molecule is Cn1ccnc1CNc1ccc(C(N)=S)c(C(F)(F)F)c1. The van der Waals surface area contributed by atoms with E-state index in [0.29, 0.717) is 18.1 Å². The van der Waals surface area contributed by atoms with Crippen LogP contribution in [-0.4, -0.2) is 14.5 Å². The van der Waals surface area contributed by atoms with Crippen LogP contribution in [0.15, 0.2) is 30.6 Å². The van der Waals surface area contributed by atoms with Gasteiger partial charge in [-0.3, -0.25) is 0 Å². The van der Waals surface area contributed by atoms with Crippen LogP contribution in [0.25, 0.3) is 0 Å². The van der Waals surface area contributed by atoms with Crippen LogP contribution in [0.2, 0.25) is 0 Å². The normalized spacial score (nSPS) is 11.4. The Morgan fingerprint density at radius 2 is 2.14 bits per heavy atom. The second-order valence-corrected chi connectivity index (χ2v) is 4.87. The van der Waals surface area contributed by atoms with E-state index in [1.807, 2.05) is 0 Å². The summed E-state index contributed by atoms with van der Waals surface area (Å²) in [5.41, 5.74) is 4.63. The number of thiocarbonyl (C=S) groups is 1. The maximum absolute atomic E-state index is 13.0. The molecule has 1 aromatic heterocycles. The molecule has 0 aliphatic carbocycles. The first kappa shape index (κ1) is 15.3. The minimum Gasteiger partial charge on any atom is -0.389 e. The van der Waals surface area contributed by atoms with Gasteiger partial charge >= 0.3 is 6.18 Å². The molecule has 3 N–H and O–H groups in total.